The van der Waals surface area contributed by atoms with Gasteiger partial charge in [0.05, 0.1) is 14.2 Å². The highest BCUT2D eigenvalue weighted by molar-refractivity contribution is 6.11. The number of furan rings is 1. The summed E-state index contributed by atoms with van der Waals surface area (Å²) in [5, 5.41) is 3.62. The number of fused-ring (bicyclic) bond motifs is 1. The molecule has 0 atom stereocenters. The molecule has 0 fully saturated rings. The number of benzene rings is 3. The molecule has 1 heterocycles. The van der Waals surface area contributed by atoms with Gasteiger partial charge in [0.25, 0.3) is 0 Å². The van der Waals surface area contributed by atoms with E-state index in [1.807, 2.05) is 43.3 Å². The number of hydrogen-bond acceptors (Lipinski definition) is 5. The van der Waals surface area contributed by atoms with Gasteiger partial charge < -0.3 is 19.2 Å². The average Bonchev–Trinajstić information content (AvgIpc) is 3.18. The molecule has 0 aliphatic rings. The van der Waals surface area contributed by atoms with Crippen LogP contribution in [0.25, 0.3) is 17.0 Å². The van der Waals surface area contributed by atoms with Gasteiger partial charge in [0.15, 0.2) is 17.3 Å². The number of anilines is 1. The van der Waals surface area contributed by atoms with Gasteiger partial charge in [-0.15, -0.1) is 0 Å². The van der Waals surface area contributed by atoms with Gasteiger partial charge in [0, 0.05) is 34.3 Å². The molecule has 0 radical (unpaired) electrons. The van der Waals surface area contributed by atoms with Crippen LogP contribution in [0, 0.1) is 6.92 Å². The molecule has 0 aliphatic heterocycles. The van der Waals surface area contributed by atoms with Gasteiger partial charge in [0.1, 0.15) is 5.58 Å². The molecule has 1 N–H and O–H groups in total. The smallest absolute Gasteiger partial charge is 0.248 e. The van der Waals surface area contributed by atoms with Crippen molar-refractivity contribution in [3.05, 3.63) is 95.3 Å². The summed E-state index contributed by atoms with van der Waals surface area (Å²) in [6.45, 7) is 1.83. The van der Waals surface area contributed by atoms with Gasteiger partial charge in [0.2, 0.25) is 11.7 Å². The lowest BCUT2D eigenvalue weighted by Gasteiger charge is -2.08. The Labute approximate surface area is 191 Å². The maximum Gasteiger partial charge on any atom is 0.248 e. The van der Waals surface area contributed by atoms with Gasteiger partial charge in [-0.1, -0.05) is 30.3 Å². The fourth-order valence-electron chi connectivity index (χ4n) is 3.55. The standard InChI is InChI=1S/C27H23NO5/c1-17-21-12-11-20(28-25(29)14-9-18-7-5-4-6-8-18)16-23(21)33-27(17)26(30)19-10-13-22(31-2)24(15-19)32-3/h4-16H,1-3H3,(H,28,29)/b14-9+. The summed E-state index contributed by atoms with van der Waals surface area (Å²) >= 11 is 0. The molecule has 1 aromatic heterocycles. The number of ketones is 1. The zero-order valence-corrected chi connectivity index (χ0v) is 18.5. The fraction of sp³-hybridized carbons (Fsp3) is 0.111. The van der Waals surface area contributed by atoms with E-state index in [1.165, 1.54) is 20.3 Å². The molecule has 0 saturated carbocycles. The first-order valence-electron chi connectivity index (χ1n) is 10.3. The molecule has 4 rings (SSSR count). The first-order valence-corrected chi connectivity index (χ1v) is 10.3. The molecule has 0 spiro atoms. The number of amides is 1. The second kappa shape index (κ2) is 9.44. The SMILES string of the molecule is COc1ccc(C(=O)c2oc3cc(NC(=O)/C=C/c4ccccc4)ccc3c2C)cc1OC. The Hall–Kier alpha value is -4.32. The lowest BCUT2D eigenvalue weighted by Crippen LogP contribution is -2.07. The third-order valence-corrected chi connectivity index (χ3v) is 5.28. The molecule has 3 aromatic carbocycles. The van der Waals surface area contributed by atoms with Gasteiger partial charge in [-0.2, -0.15) is 0 Å². The van der Waals surface area contributed by atoms with E-state index in [9.17, 15) is 9.59 Å². The first kappa shape index (κ1) is 21.9. The summed E-state index contributed by atoms with van der Waals surface area (Å²) in [4.78, 5) is 25.4. The summed E-state index contributed by atoms with van der Waals surface area (Å²) in [6, 6.07) is 19.9. The van der Waals surface area contributed by atoms with Gasteiger partial charge in [-0.25, -0.2) is 0 Å². The second-order valence-electron chi connectivity index (χ2n) is 7.40. The van der Waals surface area contributed by atoms with Gasteiger partial charge >= 0.3 is 0 Å². The molecule has 4 aromatic rings. The van der Waals surface area contributed by atoms with Crippen LogP contribution in [0.15, 0.2) is 77.2 Å². The van der Waals surface area contributed by atoms with Crippen LogP contribution < -0.4 is 14.8 Å². The first-order chi connectivity index (χ1) is 16.0. The number of hydrogen-bond donors (Lipinski definition) is 1. The molecule has 6 nitrogen and oxygen atoms in total. The molecule has 0 unspecified atom stereocenters. The number of aryl methyl sites for hydroxylation is 1. The molecule has 0 bridgehead atoms. The highest BCUT2D eigenvalue weighted by atomic mass is 16.5. The molecule has 33 heavy (non-hydrogen) atoms. The van der Waals surface area contributed by atoms with Crippen molar-refractivity contribution in [1.29, 1.82) is 0 Å². The van der Waals surface area contributed by atoms with Crippen LogP contribution in [-0.2, 0) is 4.79 Å². The van der Waals surface area contributed by atoms with E-state index >= 15 is 0 Å². The van der Waals surface area contributed by atoms with Gasteiger partial charge in [-0.3, -0.25) is 9.59 Å². The van der Waals surface area contributed by atoms with E-state index in [1.54, 1.807) is 36.4 Å². The van der Waals surface area contributed by atoms with Crippen LogP contribution in [0.1, 0.15) is 27.2 Å². The molecular weight excluding hydrogens is 418 g/mol. The van der Waals surface area contributed by atoms with Crippen molar-refractivity contribution in [3.63, 3.8) is 0 Å². The Morgan fingerprint density at radius 3 is 2.39 bits per heavy atom. The van der Waals surface area contributed by atoms with Crippen molar-refractivity contribution in [2.24, 2.45) is 0 Å². The number of carbonyl (C=O) groups is 2. The van der Waals surface area contributed by atoms with Crippen molar-refractivity contribution in [2.45, 2.75) is 6.92 Å². The minimum absolute atomic E-state index is 0.240. The molecule has 166 valence electrons. The van der Waals surface area contributed by atoms with Crippen molar-refractivity contribution < 1.29 is 23.5 Å². The number of rotatable bonds is 7. The summed E-state index contributed by atoms with van der Waals surface area (Å²) in [5.41, 5.74) is 3.18. The van der Waals surface area contributed by atoms with E-state index < -0.39 is 0 Å². The predicted octanol–water partition coefficient (Wildman–Crippen LogP) is 5.64. The number of nitrogens with one attached hydrogen (secondary N) is 1. The van der Waals surface area contributed by atoms with Crippen LogP contribution in [0.4, 0.5) is 5.69 Å². The van der Waals surface area contributed by atoms with Crippen LogP contribution in [0.5, 0.6) is 11.5 Å². The van der Waals surface area contributed by atoms with Crippen LogP contribution in [-0.4, -0.2) is 25.9 Å². The van der Waals surface area contributed by atoms with Crippen molar-refractivity contribution in [3.8, 4) is 11.5 Å². The van der Waals surface area contributed by atoms with Crippen molar-refractivity contribution in [1.82, 2.24) is 0 Å². The third-order valence-electron chi connectivity index (χ3n) is 5.28. The minimum atomic E-state index is -0.263. The normalized spacial score (nSPS) is 11.0. The zero-order valence-electron chi connectivity index (χ0n) is 18.5. The minimum Gasteiger partial charge on any atom is -0.493 e. The molecular formula is C27H23NO5. The molecule has 0 aliphatic carbocycles. The summed E-state index contributed by atoms with van der Waals surface area (Å²) in [5.74, 6) is 0.719. The molecule has 1 amide bonds. The predicted molar refractivity (Wildman–Crippen MR) is 128 cm³/mol. The van der Waals surface area contributed by atoms with E-state index in [-0.39, 0.29) is 17.5 Å². The molecule has 6 heteroatoms. The zero-order chi connectivity index (χ0) is 23.4. The Kier molecular flexibility index (Phi) is 6.26. The summed E-state index contributed by atoms with van der Waals surface area (Å²) in [6.07, 6.45) is 3.21. The highest BCUT2D eigenvalue weighted by Crippen LogP contribution is 2.32. The van der Waals surface area contributed by atoms with Crippen LogP contribution in [0.3, 0.4) is 0 Å². The maximum atomic E-state index is 13.1. The van der Waals surface area contributed by atoms with Crippen LogP contribution >= 0.6 is 0 Å². The van der Waals surface area contributed by atoms with E-state index in [0.29, 0.717) is 28.3 Å². The highest BCUT2D eigenvalue weighted by Gasteiger charge is 2.21. The number of carbonyl (C=O) groups excluding carboxylic acids is 2. The maximum absolute atomic E-state index is 13.1. The number of ether oxygens (including phenoxy) is 2. The Morgan fingerprint density at radius 1 is 0.909 bits per heavy atom. The fourth-order valence-corrected chi connectivity index (χ4v) is 3.55. The quantitative estimate of drug-likeness (QED) is 0.297. The Bertz CT molecular complexity index is 1350. The lowest BCUT2D eigenvalue weighted by atomic mass is 10.0. The number of methoxy groups -OCH3 is 2. The monoisotopic (exact) mass is 441 g/mol. The van der Waals surface area contributed by atoms with E-state index in [2.05, 4.69) is 5.32 Å². The average molecular weight is 441 g/mol. The van der Waals surface area contributed by atoms with E-state index in [0.717, 1.165) is 16.5 Å². The third kappa shape index (κ3) is 4.65. The second-order valence-corrected chi connectivity index (χ2v) is 7.40. The topological polar surface area (TPSA) is 77.8 Å². The van der Waals surface area contributed by atoms with Crippen molar-refractivity contribution in [2.75, 3.05) is 19.5 Å². The van der Waals surface area contributed by atoms with Crippen molar-refractivity contribution >= 4 is 34.4 Å². The van der Waals surface area contributed by atoms with E-state index in [4.69, 9.17) is 13.9 Å². The summed E-state index contributed by atoms with van der Waals surface area (Å²) in [7, 11) is 3.06. The van der Waals surface area contributed by atoms with Crippen LogP contribution in [0.2, 0.25) is 0 Å². The summed E-state index contributed by atoms with van der Waals surface area (Å²) < 4.78 is 16.4. The Morgan fingerprint density at radius 2 is 1.67 bits per heavy atom. The largest absolute Gasteiger partial charge is 0.493 e. The lowest BCUT2D eigenvalue weighted by molar-refractivity contribution is -0.111. The Balaban J connectivity index is 1.57. The van der Waals surface area contributed by atoms with Gasteiger partial charge in [-0.05, 0) is 48.9 Å². The molecule has 0 saturated heterocycles.